The number of oxazole rings is 1. The van der Waals surface area contributed by atoms with E-state index in [-0.39, 0.29) is 5.91 Å². The number of nitrogens with zero attached hydrogens (tertiary/aromatic N) is 3. The second-order valence-corrected chi connectivity index (χ2v) is 6.01. The molecule has 3 rings (SSSR count). The number of likely N-dealkylation sites (N-methyl/N-ethyl adjacent to an activating group) is 1. The monoisotopic (exact) mass is 277 g/mol. The molecule has 1 atom stereocenters. The van der Waals surface area contributed by atoms with Crippen molar-refractivity contribution in [3.8, 4) is 0 Å². The van der Waals surface area contributed by atoms with Crippen LogP contribution in [0.1, 0.15) is 48.8 Å². The largest absolute Gasteiger partial charge is 0.437 e. The van der Waals surface area contributed by atoms with Crippen LogP contribution >= 0.6 is 0 Å². The molecule has 0 aliphatic carbocycles. The third-order valence-corrected chi connectivity index (χ3v) is 4.38. The number of likely N-dealkylation sites (tertiary alicyclic amines) is 1. The van der Waals surface area contributed by atoms with Crippen molar-refractivity contribution in [2.24, 2.45) is 5.92 Å². The number of carbonyl (C=O) groups is 1. The Morgan fingerprint density at radius 1 is 1.45 bits per heavy atom. The molecule has 0 N–H and O–H groups in total. The highest BCUT2D eigenvalue weighted by atomic mass is 16.4. The summed E-state index contributed by atoms with van der Waals surface area (Å²) < 4.78 is 5.72. The maximum absolute atomic E-state index is 12.5. The van der Waals surface area contributed by atoms with Crippen molar-refractivity contribution in [1.82, 2.24) is 14.8 Å². The Morgan fingerprint density at radius 2 is 2.30 bits per heavy atom. The molecule has 5 nitrogen and oxygen atoms in total. The Morgan fingerprint density at radius 3 is 3.05 bits per heavy atom. The van der Waals surface area contributed by atoms with E-state index in [0.29, 0.717) is 11.8 Å². The summed E-state index contributed by atoms with van der Waals surface area (Å²) in [5.74, 6) is 1.74. The summed E-state index contributed by atoms with van der Waals surface area (Å²) in [4.78, 5) is 21.1. The number of amides is 1. The molecular formula is C15H23N3O2. The zero-order valence-corrected chi connectivity index (χ0v) is 12.4. The van der Waals surface area contributed by atoms with Gasteiger partial charge < -0.3 is 9.32 Å². The topological polar surface area (TPSA) is 49.6 Å². The van der Waals surface area contributed by atoms with Gasteiger partial charge in [0.05, 0.1) is 5.69 Å². The molecular weight excluding hydrogens is 254 g/mol. The van der Waals surface area contributed by atoms with Crippen LogP contribution in [0.4, 0.5) is 0 Å². The maximum atomic E-state index is 12.5. The van der Waals surface area contributed by atoms with Gasteiger partial charge in [-0.15, -0.1) is 0 Å². The third kappa shape index (κ3) is 2.59. The Bertz CT molecular complexity index is 497. The van der Waals surface area contributed by atoms with Crippen molar-refractivity contribution in [1.29, 1.82) is 0 Å². The van der Waals surface area contributed by atoms with Crippen molar-refractivity contribution in [2.45, 2.75) is 39.7 Å². The van der Waals surface area contributed by atoms with Gasteiger partial charge in [0.1, 0.15) is 5.76 Å². The molecule has 0 radical (unpaired) electrons. The Labute approximate surface area is 119 Å². The van der Waals surface area contributed by atoms with Crippen molar-refractivity contribution in [3.63, 3.8) is 0 Å². The van der Waals surface area contributed by atoms with E-state index < -0.39 is 0 Å². The molecule has 0 saturated carbocycles. The summed E-state index contributed by atoms with van der Waals surface area (Å²) in [6, 6.07) is 0. The average molecular weight is 277 g/mol. The minimum atomic E-state index is -0.0333. The second-order valence-electron chi connectivity index (χ2n) is 6.01. The zero-order valence-electron chi connectivity index (χ0n) is 12.4. The van der Waals surface area contributed by atoms with Crippen LogP contribution in [0.15, 0.2) is 4.42 Å². The van der Waals surface area contributed by atoms with Gasteiger partial charge in [-0.2, -0.15) is 0 Å². The molecule has 2 aliphatic heterocycles. The van der Waals surface area contributed by atoms with Crippen molar-refractivity contribution < 1.29 is 9.21 Å². The lowest BCUT2D eigenvalue weighted by Crippen LogP contribution is -2.39. The SMILES string of the molecule is CCN1CCc2oc(C(=O)N3CCCC(C)C3)nc2C1. The number of fused-ring (bicyclic) bond motifs is 1. The van der Waals surface area contributed by atoms with Crippen LogP contribution in [-0.2, 0) is 13.0 Å². The van der Waals surface area contributed by atoms with Gasteiger partial charge in [-0.3, -0.25) is 9.69 Å². The van der Waals surface area contributed by atoms with E-state index in [2.05, 4.69) is 23.7 Å². The molecule has 110 valence electrons. The Kier molecular flexibility index (Phi) is 3.78. The van der Waals surface area contributed by atoms with Gasteiger partial charge in [0.2, 0.25) is 0 Å². The molecule has 1 unspecified atom stereocenters. The fraction of sp³-hybridized carbons (Fsp3) is 0.733. The van der Waals surface area contributed by atoms with Crippen LogP contribution < -0.4 is 0 Å². The van der Waals surface area contributed by atoms with Crippen LogP contribution in [0.2, 0.25) is 0 Å². The van der Waals surface area contributed by atoms with Crippen LogP contribution in [0.25, 0.3) is 0 Å². The van der Waals surface area contributed by atoms with E-state index >= 15 is 0 Å². The molecule has 0 bridgehead atoms. The predicted molar refractivity (Wildman–Crippen MR) is 75.5 cm³/mol. The fourth-order valence-electron chi connectivity index (χ4n) is 3.12. The summed E-state index contributed by atoms with van der Waals surface area (Å²) in [6.07, 6.45) is 3.15. The molecule has 0 spiro atoms. The van der Waals surface area contributed by atoms with E-state index in [1.807, 2.05) is 4.90 Å². The van der Waals surface area contributed by atoms with Gasteiger partial charge in [0, 0.05) is 32.6 Å². The average Bonchev–Trinajstić information content (AvgIpc) is 2.89. The molecule has 1 saturated heterocycles. The Hall–Kier alpha value is -1.36. The molecule has 0 aromatic carbocycles. The highest BCUT2D eigenvalue weighted by Gasteiger charge is 2.28. The summed E-state index contributed by atoms with van der Waals surface area (Å²) in [5, 5.41) is 0. The molecule has 1 amide bonds. The second kappa shape index (κ2) is 5.56. The van der Waals surface area contributed by atoms with E-state index in [1.54, 1.807) is 0 Å². The molecule has 1 aromatic rings. The fourth-order valence-corrected chi connectivity index (χ4v) is 3.12. The summed E-state index contributed by atoms with van der Waals surface area (Å²) >= 11 is 0. The van der Waals surface area contributed by atoms with Gasteiger partial charge in [-0.25, -0.2) is 4.98 Å². The number of carbonyl (C=O) groups excluding carboxylic acids is 1. The third-order valence-electron chi connectivity index (χ3n) is 4.38. The van der Waals surface area contributed by atoms with E-state index in [1.165, 1.54) is 6.42 Å². The number of hydrogen-bond acceptors (Lipinski definition) is 4. The highest BCUT2D eigenvalue weighted by molar-refractivity contribution is 5.89. The molecule has 3 heterocycles. The number of aromatic nitrogens is 1. The lowest BCUT2D eigenvalue weighted by Gasteiger charge is -2.29. The standard InChI is InChI=1S/C15H23N3O2/c1-3-17-8-6-13-12(10-17)16-14(20-13)15(19)18-7-4-5-11(2)9-18/h11H,3-10H2,1-2H3. The van der Waals surface area contributed by atoms with E-state index in [4.69, 9.17) is 4.42 Å². The van der Waals surface area contributed by atoms with Gasteiger partial charge in [-0.1, -0.05) is 13.8 Å². The van der Waals surface area contributed by atoms with Crippen LogP contribution in [0.5, 0.6) is 0 Å². The zero-order chi connectivity index (χ0) is 14.1. The first kappa shape index (κ1) is 13.6. The molecule has 2 aliphatic rings. The van der Waals surface area contributed by atoms with Crippen molar-refractivity contribution in [2.75, 3.05) is 26.2 Å². The summed E-state index contributed by atoms with van der Waals surface area (Å²) in [6.45, 7) is 8.81. The van der Waals surface area contributed by atoms with Crippen LogP contribution in [0.3, 0.4) is 0 Å². The smallest absolute Gasteiger partial charge is 0.309 e. The van der Waals surface area contributed by atoms with Gasteiger partial charge in [0.15, 0.2) is 0 Å². The maximum Gasteiger partial charge on any atom is 0.309 e. The summed E-state index contributed by atoms with van der Waals surface area (Å²) in [5.41, 5.74) is 0.950. The number of hydrogen-bond donors (Lipinski definition) is 0. The van der Waals surface area contributed by atoms with Crippen LogP contribution in [0, 0.1) is 5.92 Å². The first-order valence-electron chi connectivity index (χ1n) is 7.67. The normalized spacial score (nSPS) is 23.7. The Balaban J connectivity index is 1.74. The molecule has 20 heavy (non-hydrogen) atoms. The predicted octanol–water partition coefficient (Wildman–Crippen LogP) is 1.92. The van der Waals surface area contributed by atoms with Crippen LogP contribution in [-0.4, -0.2) is 46.9 Å². The minimum absolute atomic E-state index is 0.0333. The van der Waals surface area contributed by atoms with Gasteiger partial charge >= 0.3 is 5.91 Å². The molecule has 1 aromatic heterocycles. The first-order valence-corrected chi connectivity index (χ1v) is 7.67. The lowest BCUT2D eigenvalue weighted by atomic mass is 10.0. The number of piperidine rings is 1. The van der Waals surface area contributed by atoms with Gasteiger partial charge in [0.25, 0.3) is 5.89 Å². The van der Waals surface area contributed by atoms with Crippen molar-refractivity contribution in [3.05, 3.63) is 17.3 Å². The first-order chi connectivity index (χ1) is 9.67. The van der Waals surface area contributed by atoms with E-state index in [0.717, 1.165) is 57.0 Å². The summed E-state index contributed by atoms with van der Waals surface area (Å²) in [7, 11) is 0. The quantitative estimate of drug-likeness (QED) is 0.829. The number of rotatable bonds is 2. The van der Waals surface area contributed by atoms with Crippen molar-refractivity contribution >= 4 is 5.91 Å². The minimum Gasteiger partial charge on any atom is -0.437 e. The highest BCUT2D eigenvalue weighted by Crippen LogP contribution is 2.22. The molecule has 1 fully saturated rings. The molecule has 5 heteroatoms. The van der Waals surface area contributed by atoms with Gasteiger partial charge in [-0.05, 0) is 25.3 Å². The van der Waals surface area contributed by atoms with E-state index in [9.17, 15) is 4.79 Å². The lowest BCUT2D eigenvalue weighted by molar-refractivity contribution is 0.0640.